The van der Waals surface area contributed by atoms with E-state index in [0.717, 1.165) is 22.6 Å². The molecule has 7 nitrogen and oxygen atoms in total. The SMILES string of the molecule is Cn1cc([C@@H](NC(=O)CCc2ccc3c(c2)OCO3)C2CC(O)C2)cn1. The number of amides is 1. The second kappa shape index (κ2) is 6.99. The molecule has 1 aromatic heterocycles. The van der Waals surface area contributed by atoms with Crippen LogP contribution in [0, 0.1) is 5.92 Å². The van der Waals surface area contributed by atoms with Crippen molar-refractivity contribution in [2.75, 3.05) is 6.79 Å². The van der Waals surface area contributed by atoms with Crippen molar-refractivity contribution in [1.29, 1.82) is 0 Å². The summed E-state index contributed by atoms with van der Waals surface area (Å²) in [6, 6.07) is 5.67. The number of aliphatic hydroxyl groups excluding tert-OH is 1. The van der Waals surface area contributed by atoms with E-state index < -0.39 is 0 Å². The van der Waals surface area contributed by atoms with Crippen LogP contribution in [0.5, 0.6) is 11.5 Å². The number of aryl methyl sites for hydroxylation is 2. The number of fused-ring (bicyclic) bond motifs is 1. The van der Waals surface area contributed by atoms with Gasteiger partial charge in [-0.2, -0.15) is 5.10 Å². The lowest BCUT2D eigenvalue weighted by Gasteiger charge is -2.37. The number of hydrogen-bond acceptors (Lipinski definition) is 5. The Morgan fingerprint density at radius 3 is 2.92 bits per heavy atom. The van der Waals surface area contributed by atoms with Crippen molar-refractivity contribution in [3.63, 3.8) is 0 Å². The zero-order chi connectivity index (χ0) is 18.1. The molecule has 1 saturated carbocycles. The fourth-order valence-corrected chi connectivity index (χ4v) is 3.58. The van der Waals surface area contributed by atoms with Crippen LogP contribution in [0.15, 0.2) is 30.6 Å². The normalized spacial score (nSPS) is 21.9. The summed E-state index contributed by atoms with van der Waals surface area (Å²) in [4.78, 5) is 12.5. The van der Waals surface area contributed by atoms with Gasteiger partial charge >= 0.3 is 0 Å². The van der Waals surface area contributed by atoms with Crippen molar-refractivity contribution in [3.8, 4) is 11.5 Å². The number of carbonyl (C=O) groups is 1. The summed E-state index contributed by atoms with van der Waals surface area (Å²) in [5.74, 6) is 1.74. The number of carbonyl (C=O) groups excluding carboxylic acids is 1. The van der Waals surface area contributed by atoms with Crippen LogP contribution in [0.4, 0.5) is 0 Å². The van der Waals surface area contributed by atoms with Gasteiger partial charge in [0.2, 0.25) is 12.7 Å². The molecule has 138 valence electrons. The summed E-state index contributed by atoms with van der Waals surface area (Å²) in [7, 11) is 1.86. The molecule has 2 heterocycles. The highest BCUT2D eigenvalue weighted by Gasteiger charge is 2.36. The third-order valence-corrected chi connectivity index (χ3v) is 5.10. The smallest absolute Gasteiger partial charge is 0.231 e. The first-order valence-corrected chi connectivity index (χ1v) is 8.93. The molecule has 1 aromatic carbocycles. The van der Waals surface area contributed by atoms with Gasteiger partial charge in [-0.1, -0.05) is 6.07 Å². The van der Waals surface area contributed by atoms with E-state index in [9.17, 15) is 9.90 Å². The third kappa shape index (κ3) is 3.53. The molecule has 1 atom stereocenters. The lowest BCUT2D eigenvalue weighted by atomic mass is 9.75. The number of rotatable bonds is 6. The number of nitrogens with zero attached hydrogens (tertiary/aromatic N) is 2. The lowest BCUT2D eigenvalue weighted by Crippen LogP contribution is -2.41. The van der Waals surface area contributed by atoms with Crippen LogP contribution in [0.1, 0.15) is 36.4 Å². The monoisotopic (exact) mass is 357 g/mol. The minimum atomic E-state index is -0.260. The molecule has 0 unspecified atom stereocenters. The Hall–Kier alpha value is -2.54. The molecule has 7 heteroatoms. The summed E-state index contributed by atoms with van der Waals surface area (Å²) in [6.45, 7) is 0.249. The van der Waals surface area contributed by atoms with Gasteiger partial charge in [-0.3, -0.25) is 9.48 Å². The number of hydrogen-bond donors (Lipinski definition) is 2. The number of aromatic nitrogens is 2. The molecule has 2 aromatic rings. The van der Waals surface area contributed by atoms with E-state index in [1.807, 2.05) is 31.4 Å². The molecule has 1 amide bonds. The molecule has 2 aliphatic rings. The highest BCUT2D eigenvalue weighted by Crippen LogP contribution is 2.38. The summed E-state index contributed by atoms with van der Waals surface area (Å²) >= 11 is 0. The minimum absolute atomic E-state index is 0.00194. The predicted molar refractivity (Wildman–Crippen MR) is 93.7 cm³/mol. The van der Waals surface area contributed by atoms with Crippen molar-refractivity contribution >= 4 is 5.91 Å². The van der Waals surface area contributed by atoms with Crippen LogP contribution < -0.4 is 14.8 Å². The Morgan fingerprint density at radius 2 is 2.19 bits per heavy atom. The summed E-state index contributed by atoms with van der Waals surface area (Å²) in [5, 5.41) is 17.0. The van der Waals surface area contributed by atoms with Crippen molar-refractivity contribution in [1.82, 2.24) is 15.1 Å². The zero-order valence-electron chi connectivity index (χ0n) is 14.7. The Labute approximate surface area is 151 Å². The fraction of sp³-hybridized carbons (Fsp3) is 0.474. The van der Waals surface area contributed by atoms with Gasteiger partial charge in [-0.05, 0) is 42.9 Å². The van der Waals surface area contributed by atoms with E-state index in [0.29, 0.717) is 25.7 Å². The molecule has 1 fully saturated rings. The van der Waals surface area contributed by atoms with Crippen LogP contribution in [-0.2, 0) is 18.3 Å². The standard InChI is InChI=1S/C19H23N3O4/c1-22-10-14(9-20-22)19(13-7-15(23)8-13)21-18(24)5-3-12-2-4-16-17(6-12)26-11-25-16/h2,4,6,9-10,13,15,19,23H,3,5,7-8,11H2,1H3,(H,21,24)/t13?,15?,19-/m0/s1. The molecule has 4 rings (SSSR count). The van der Waals surface area contributed by atoms with Crippen LogP contribution in [-0.4, -0.2) is 33.7 Å². The molecule has 26 heavy (non-hydrogen) atoms. The zero-order valence-corrected chi connectivity index (χ0v) is 14.7. The highest BCUT2D eigenvalue weighted by molar-refractivity contribution is 5.76. The maximum Gasteiger partial charge on any atom is 0.231 e. The van der Waals surface area contributed by atoms with E-state index in [1.165, 1.54) is 0 Å². The Morgan fingerprint density at radius 1 is 1.38 bits per heavy atom. The third-order valence-electron chi connectivity index (χ3n) is 5.10. The summed E-state index contributed by atoms with van der Waals surface area (Å²) in [6.07, 6.45) is 5.90. The van der Waals surface area contributed by atoms with E-state index in [1.54, 1.807) is 10.9 Å². The highest BCUT2D eigenvalue weighted by atomic mass is 16.7. The first kappa shape index (κ1) is 16.9. The first-order valence-electron chi connectivity index (χ1n) is 8.93. The Balaban J connectivity index is 1.37. The molecule has 0 saturated heterocycles. The van der Waals surface area contributed by atoms with Gasteiger partial charge in [-0.25, -0.2) is 0 Å². The van der Waals surface area contributed by atoms with Crippen LogP contribution in [0.25, 0.3) is 0 Å². The molecular weight excluding hydrogens is 334 g/mol. The average Bonchev–Trinajstić information content (AvgIpc) is 3.23. The molecule has 1 aliphatic carbocycles. The Bertz CT molecular complexity index is 798. The Kier molecular flexibility index (Phi) is 4.55. The lowest BCUT2D eigenvalue weighted by molar-refractivity contribution is -0.123. The van der Waals surface area contributed by atoms with Gasteiger partial charge in [0.25, 0.3) is 0 Å². The fourth-order valence-electron chi connectivity index (χ4n) is 3.58. The average molecular weight is 357 g/mol. The predicted octanol–water partition coefficient (Wildman–Crippen LogP) is 1.71. The molecule has 2 N–H and O–H groups in total. The second-order valence-electron chi connectivity index (χ2n) is 7.07. The summed E-state index contributed by atoms with van der Waals surface area (Å²) < 4.78 is 12.4. The van der Waals surface area contributed by atoms with Gasteiger partial charge in [0, 0.05) is 25.2 Å². The molecule has 1 aliphatic heterocycles. The topological polar surface area (TPSA) is 85.6 Å². The summed E-state index contributed by atoms with van der Waals surface area (Å²) in [5.41, 5.74) is 2.03. The maximum absolute atomic E-state index is 12.5. The number of nitrogens with one attached hydrogen (secondary N) is 1. The van der Waals surface area contributed by atoms with Crippen LogP contribution >= 0.6 is 0 Å². The van der Waals surface area contributed by atoms with Crippen LogP contribution in [0.2, 0.25) is 0 Å². The van der Waals surface area contributed by atoms with Crippen molar-refractivity contribution in [2.45, 2.75) is 37.8 Å². The van der Waals surface area contributed by atoms with Crippen LogP contribution in [0.3, 0.4) is 0 Å². The molecule has 0 bridgehead atoms. The molecular formula is C19H23N3O4. The second-order valence-corrected chi connectivity index (χ2v) is 7.07. The largest absolute Gasteiger partial charge is 0.454 e. The van der Waals surface area contributed by atoms with E-state index in [4.69, 9.17) is 9.47 Å². The van der Waals surface area contributed by atoms with Crippen molar-refractivity contribution in [2.24, 2.45) is 13.0 Å². The van der Waals surface area contributed by atoms with Gasteiger partial charge < -0.3 is 19.9 Å². The quantitative estimate of drug-likeness (QED) is 0.822. The van der Waals surface area contributed by atoms with Gasteiger partial charge in [0.1, 0.15) is 0 Å². The number of aliphatic hydroxyl groups is 1. The number of ether oxygens (including phenoxy) is 2. The van der Waals surface area contributed by atoms with E-state index in [2.05, 4.69) is 10.4 Å². The van der Waals surface area contributed by atoms with Gasteiger partial charge in [-0.15, -0.1) is 0 Å². The van der Waals surface area contributed by atoms with Crippen molar-refractivity contribution in [3.05, 3.63) is 41.7 Å². The maximum atomic E-state index is 12.5. The number of benzene rings is 1. The molecule has 0 spiro atoms. The first-order chi connectivity index (χ1) is 12.6. The van der Waals surface area contributed by atoms with Gasteiger partial charge in [0.05, 0.1) is 18.3 Å². The van der Waals surface area contributed by atoms with E-state index >= 15 is 0 Å². The van der Waals surface area contributed by atoms with Crippen molar-refractivity contribution < 1.29 is 19.4 Å². The van der Waals surface area contributed by atoms with Gasteiger partial charge in [0.15, 0.2) is 11.5 Å². The molecule has 0 radical (unpaired) electrons. The minimum Gasteiger partial charge on any atom is -0.454 e. The van der Waals surface area contributed by atoms with E-state index in [-0.39, 0.29) is 30.8 Å².